The summed E-state index contributed by atoms with van der Waals surface area (Å²) in [6.45, 7) is 41.3. The van der Waals surface area contributed by atoms with E-state index < -0.39 is 0 Å². The van der Waals surface area contributed by atoms with E-state index in [-0.39, 0.29) is 94.9 Å². The van der Waals surface area contributed by atoms with Gasteiger partial charge in [-0.1, -0.05) is 203 Å². The largest absolute Gasteiger partial charge is 0.512 e. The monoisotopic (exact) mass is 2010 g/mol. The van der Waals surface area contributed by atoms with Gasteiger partial charge in [0, 0.05) is 94.7 Å². The number of hydrogen-bond donors (Lipinski definition) is 3. The predicted octanol–water partition coefficient (Wildman–Crippen LogP) is 25.6. The minimum absolute atomic E-state index is 0. The molecule has 3 radical (unpaired) electrons. The second-order valence-electron chi connectivity index (χ2n) is 30.0. The summed E-state index contributed by atoms with van der Waals surface area (Å²) in [5.41, 5.74) is 32.2. The maximum Gasteiger partial charge on any atom is 0.155 e. The maximum atomic E-state index is 10.0. The smallest absolute Gasteiger partial charge is 0.155 e. The second-order valence-corrected chi connectivity index (χ2v) is 30.0. The molecule has 0 spiro atoms. The average molecular weight is 2010 g/mol. The van der Waals surface area contributed by atoms with Crippen LogP contribution in [0.2, 0.25) is 0 Å². The fourth-order valence-electron chi connectivity index (χ4n) is 13.1. The van der Waals surface area contributed by atoms with Crippen LogP contribution in [0.15, 0.2) is 217 Å². The van der Waals surface area contributed by atoms with Crippen LogP contribution in [-0.4, -0.2) is 47.6 Å². The van der Waals surface area contributed by atoms with Gasteiger partial charge in [-0.3, -0.25) is 29.3 Å². The third-order valence-electron chi connectivity index (χ3n) is 17.3. The van der Waals surface area contributed by atoms with E-state index >= 15 is 0 Å². The fourth-order valence-corrected chi connectivity index (χ4v) is 13.1. The van der Waals surface area contributed by atoms with Gasteiger partial charge in [0.2, 0.25) is 0 Å². The van der Waals surface area contributed by atoms with Crippen LogP contribution in [0.3, 0.4) is 0 Å². The quantitative estimate of drug-likeness (QED) is 0.0518. The minimum atomic E-state index is -0.125. The normalized spacial score (nSPS) is 11.1. The van der Waals surface area contributed by atoms with E-state index in [1.54, 1.807) is 0 Å². The van der Waals surface area contributed by atoms with E-state index in [9.17, 15) is 14.4 Å². The Bertz CT molecular complexity index is 5140. The summed E-state index contributed by atoms with van der Waals surface area (Å²) in [6.07, 6.45) is 6.61. The van der Waals surface area contributed by atoms with Gasteiger partial charge in [0.05, 0.1) is 33.8 Å². The first kappa shape index (κ1) is 94.2. The van der Waals surface area contributed by atoms with Crippen LogP contribution < -0.4 is 0 Å². The summed E-state index contributed by atoms with van der Waals surface area (Å²) < 4.78 is 0. The number of aliphatic hydroxyl groups excluding tert-OH is 3. The van der Waals surface area contributed by atoms with Crippen LogP contribution >= 0.6 is 0 Å². The van der Waals surface area contributed by atoms with Crippen molar-refractivity contribution in [3.05, 3.63) is 302 Å². The molecule has 0 bridgehead atoms. The fraction of sp³-hybridized carbons (Fsp3) is 0.273. The molecule has 0 aliphatic carbocycles. The Labute approximate surface area is 701 Å². The number of pyridine rings is 3. The molecule has 0 saturated heterocycles. The number of aliphatic hydroxyl groups is 3. The van der Waals surface area contributed by atoms with Crippen molar-refractivity contribution < 1.29 is 90.0 Å². The van der Waals surface area contributed by atoms with Crippen molar-refractivity contribution in [2.24, 2.45) is 17.8 Å². The Balaban J connectivity index is 0.000000306. The van der Waals surface area contributed by atoms with Gasteiger partial charge in [-0.25, -0.2) is 0 Å². The van der Waals surface area contributed by atoms with Crippen molar-refractivity contribution in [1.82, 2.24) is 15.0 Å². The van der Waals surface area contributed by atoms with E-state index in [0.717, 1.165) is 86.3 Å². The number of hydrogen-bond acceptors (Lipinski definition) is 9. The average Bonchev–Trinajstić information content (AvgIpc) is 0.792. The number of carbonyl (C=O) groups is 3. The zero-order valence-corrected chi connectivity index (χ0v) is 75.5. The summed E-state index contributed by atoms with van der Waals surface area (Å²) in [5.74, 6) is 1.56. The number of ketones is 3. The first-order valence-electron chi connectivity index (χ1n) is 37.2. The molecule has 3 aromatic heterocycles. The molecule has 111 heavy (non-hydrogen) atoms. The van der Waals surface area contributed by atoms with Crippen molar-refractivity contribution in [1.29, 1.82) is 0 Å². The molecule has 0 unspecified atom stereocenters. The molecular weight excluding hydrogens is 1900 g/mol. The van der Waals surface area contributed by atoms with Gasteiger partial charge in [0.25, 0.3) is 0 Å². The van der Waals surface area contributed by atoms with Gasteiger partial charge in [-0.2, -0.15) is 0 Å². The minimum Gasteiger partial charge on any atom is -0.512 e. The molecule has 0 atom stereocenters. The molecule has 0 aliphatic rings. The number of benzene rings is 9. The van der Waals surface area contributed by atoms with E-state index in [2.05, 4.69) is 304 Å². The first-order valence-corrected chi connectivity index (χ1v) is 37.2. The van der Waals surface area contributed by atoms with Crippen molar-refractivity contribution in [3.8, 4) is 67.2 Å². The van der Waals surface area contributed by atoms with Crippen molar-refractivity contribution in [2.45, 2.75) is 165 Å². The topological polar surface area (TPSA) is 151 Å². The van der Waals surface area contributed by atoms with Gasteiger partial charge in [-0.05, 0) is 208 Å². The van der Waals surface area contributed by atoms with Gasteiger partial charge in [-0.15, -0.1) is 105 Å². The van der Waals surface area contributed by atoms with Crippen molar-refractivity contribution in [2.75, 3.05) is 0 Å². The van der Waals surface area contributed by atoms with Crippen molar-refractivity contribution >= 4 is 50.1 Å². The SMILES string of the molecule is CC(=O)C=C(C)O.CC(=O)C=C(C)O.CC(=O)C=C(C)O.Cc1[c-]c(-c2cc(CC(C)C)c3cc(-c4ccc(C)cc4)ccc3n2)cc(C)c1.Cc1[c-]c(-c2cc(CC(C)C)c3cc(-c4cccc(C)c4)ccc3n2)cc(C)c1.Cc1[c-]c(-c2cc(CC(C)C)c3cc(-c4ccccc4C)ccc3n2)cc(C)c1.[Ir].[Ir].[Ir]. The summed E-state index contributed by atoms with van der Waals surface area (Å²) >= 11 is 0. The molecule has 0 saturated carbocycles. The molecule has 12 aromatic rings. The van der Waals surface area contributed by atoms with Gasteiger partial charge < -0.3 is 15.3 Å². The molecule has 0 fully saturated rings. The summed E-state index contributed by atoms with van der Waals surface area (Å²) in [5, 5.41) is 28.9. The number of carbonyl (C=O) groups excluding carboxylic acids is 3. The number of aromatic nitrogens is 3. The number of nitrogens with zero attached hydrogens (tertiary/aromatic N) is 3. The molecule has 9 aromatic carbocycles. The van der Waals surface area contributed by atoms with E-state index in [1.807, 2.05) is 0 Å². The Morgan fingerprint density at radius 2 is 0.649 bits per heavy atom. The molecule has 3 heterocycles. The van der Waals surface area contributed by atoms with E-state index in [1.165, 1.54) is 159 Å². The molecule has 12 rings (SSSR count). The third-order valence-corrected chi connectivity index (χ3v) is 17.3. The first-order chi connectivity index (χ1) is 51.0. The standard InChI is InChI=1S/3C28H28N.3C5H8O2.3Ir/c1-18(2)12-24-17-28(25-14-20(4)13-21(5)15-25)29-27-11-10-23(16-26(24)27)22-8-6-19(3)7-9-22;1-18(2)11-24-17-28(25-14-20(4)12-21(5)15-25)29-27-10-9-23(16-26(24)27)22-8-6-7-19(3)13-22;1-18(2)12-23-17-28(24-14-19(3)13-20(4)15-24)29-27-11-10-22(16-26(23)27)25-9-7-6-8-21(25)5;3*1-4(6)3-5(2)7;;;/h6-11,13-14,16-18H,12H2,1-5H3;6-10,12-14,16-18H,11H2,1-5H3;6-11,13-14,16-18H,12H2,1-5H3;3*3,6H,1-2H3;;;/q3*-1;;;;;;. The number of allylic oxidation sites excluding steroid dienone is 6. The summed E-state index contributed by atoms with van der Waals surface area (Å²) in [4.78, 5) is 45.1. The number of fused-ring (bicyclic) bond motifs is 3. The van der Waals surface area contributed by atoms with E-state index in [4.69, 9.17) is 30.3 Å². The summed E-state index contributed by atoms with van der Waals surface area (Å²) in [6, 6.07) is 76.4. The summed E-state index contributed by atoms with van der Waals surface area (Å²) in [7, 11) is 0. The Morgan fingerprint density at radius 3 is 0.955 bits per heavy atom. The third kappa shape index (κ3) is 30.1. The van der Waals surface area contributed by atoms with Crippen LogP contribution in [-0.2, 0) is 94.0 Å². The molecule has 12 heteroatoms. The van der Waals surface area contributed by atoms with E-state index in [0.29, 0.717) is 17.8 Å². The Hall–Kier alpha value is -9.21. The van der Waals surface area contributed by atoms with Gasteiger partial charge >= 0.3 is 0 Å². The molecule has 3 N–H and O–H groups in total. The van der Waals surface area contributed by atoms with Crippen molar-refractivity contribution in [3.63, 3.8) is 0 Å². The molecule has 0 amide bonds. The molecule has 9 nitrogen and oxygen atoms in total. The Morgan fingerprint density at radius 1 is 0.333 bits per heavy atom. The zero-order chi connectivity index (χ0) is 79.2. The number of aryl methyl sites for hydroxylation is 9. The Kier molecular flexibility index (Phi) is 37.9. The van der Waals surface area contributed by atoms with Gasteiger partial charge in [0.15, 0.2) is 17.3 Å². The molecule has 0 aliphatic heterocycles. The maximum absolute atomic E-state index is 10.0. The number of rotatable bonds is 15. The van der Waals surface area contributed by atoms with Crippen LogP contribution in [0.1, 0.15) is 150 Å². The molecule has 585 valence electrons. The van der Waals surface area contributed by atoms with Crippen LogP contribution in [0.25, 0.3) is 99.9 Å². The van der Waals surface area contributed by atoms with Crippen LogP contribution in [0.4, 0.5) is 0 Å². The van der Waals surface area contributed by atoms with Crippen LogP contribution in [0, 0.1) is 98.3 Å². The van der Waals surface area contributed by atoms with Crippen LogP contribution in [0.5, 0.6) is 0 Å². The molecular formula is C99H108Ir3N3O6-3. The van der Waals surface area contributed by atoms with Gasteiger partial charge in [0.1, 0.15) is 0 Å². The second kappa shape index (κ2) is 44.7. The zero-order valence-electron chi connectivity index (χ0n) is 68.3. The predicted molar refractivity (Wildman–Crippen MR) is 454 cm³/mol.